The molecule has 1 aromatic carbocycles. The number of amides is 2. The van der Waals surface area contributed by atoms with Gasteiger partial charge in [0.2, 0.25) is 5.91 Å². The van der Waals surface area contributed by atoms with E-state index in [1.54, 1.807) is 29.2 Å². The molecule has 6 heteroatoms. The Morgan fingerprint density at radius 3 is 2.81 bits per heavy atom. The molecule has 1 fully saturated rings. The van der Waals surface area contributed by atoms with Crippen molar-refractivity contribution >= 4 is 23.5 Å². The third kappa shape index (κ3) is 2.26. The summed E-state index contributed by atoms with van der Waals surface area (Å²) in [6.07, 6.45) is 1.31. The van der Waals surface area contributed by atoms with Gasteiger partial charge < -0.3 is 14.9 Å². The average Bonchev–Trinajstić information content (AvgIpc) is 2.93. The normalized spacial score (nSPS) is 21.0. The molecule has 6 nitrogen and oxygen atoms in total. The van der Waals surface area contributed by atoms with Crippen molar-refractivity contribution in [2.75, 3.05) is 18.0 Å². The first-order valence-corrected chi connectivity index (χ1v) is 7.03. The first kappa shape index (κ1) is 13.6. The van der Waals surface area contributed by atoms with E-state index in [4.69, 9.17) is 5.11 Å². The highest BCUT2D eigenvalue weighted by atomic mass is 16.4. The van der Waals surface area contributed by atoms with Crippen LogP contribution in [0.4, 0.5) is 5.69 Å². The summed E-state index contributed by atoms with van der Waals surface area (Å²) in [5.74, 6) is -1.27. The average molecular weight is 288 g/mol. The molecule has 3 rings (SSSR count). The van der Waals surface area contributed by atoms with E-state index in [-0.39, 0.29) is 24.8 Å². The lowest BCUT2D eigenvalue weighted by Gasteiger charge is -2.25. The lowest BCUT2D eigenvalue weighted by Crippen LogP contribution is -2.45. The minimum atomic E-state index is -0.959. The fourth-order valence-corrected chi connectivity index (χ4v) is 3.05. The lowest BCUT2D eigenvalue weighted by atomic mass is 10.1. The van der Waals surface area contributed by atoms with Crippen LogP contribution in [0.3, 0.4) is 0 Å². The summed E-state index contributed by atoms with van der Waals surface area (Å²) in [6.45, 7) is 0.666. The van der Waals surface area contributed by atoms with Crippen molar-refractivity contribution < 1.29 is 19.5 Å². The molecule has 0 aliphatic carbocycles. The predicted octanol–water partition coefficient (Wildman–Crippen LogP) is 1.11. The number of carboxylic acids is 1. The molecule has 2 aliphatic rings. The molecule has 1 aromatic rings. The van der Waals surface area contributed by atoms with Crippen LogP contribution in [0.25, 0.3) is 0 Å². The highest BCUT2D eigenvalue weighted by Crippen LogP contribution is 2.32. The summed E-state index contributed by atoms with van der Waals surface area (Å²) < 4.78 is 0. The van der Waals surface area contributed by atoms with Gasteiger partial charge in [-0.3, -0.25) is 14.4 Å². The van der Waals surface area contributed by atoms with Crippen LogP contribution >= 0.6 is 0 Å². The zero-order valence-corrected chi connectivity index (χ0v) is 11.5. The van der Waals surface area contributed by atoms with Crippen molar-refractivity contribution in [2.45, 2.75) is 25.3 Å². The van der Waals surface area contributed by atoms with E-state index in [1.165, 1.54) is 4.90 Å². The smallest absolute Gasteiger partial charge is 0.305 e. The Kier molecular flexibility index (Phi) is 3.37. The molecule has 110 valence electrons. The number of para-hydroxylation sites is 1. The predicted molar refractivity (Wildman–Crippen MR) is 75.1 cm³/mol. The van der Waals surface area contributed by atoms with Gasteiger partial charge in [0.25, 0.3) is 5.91 Å². The van der Waals surface area contributed by atoms with Gasteiger partial charge in [0.1, 0.15) is 6.04 Å². The SMILES string of the molecule is O=C(O)CCN1C(=O)C2CCCN2C(=O)c2ccccc21. The molecule has 1 unspecified atom stereocenters. The van der Waals surface area contributed by atoms with Gasteiger partial charge in [-0.1, -0.05) is 12.1 Å². The van der Waals surface area contributed by atoms with E-state index in [1.807, 2.05) is 0 Å². The van der Waals surface area contributed by atoms with Crippen molar-refractivity contribution in [3.8, 4) is 0 Å². The second-order valence-electron chi connectivity index (χ2n) is 5.31. The first-order chi connectivity index (χ1) is 10.1. The van der Waals surface area contributed by atoms with Crippen LogP contribution < -0.4 is 4.90 Å². The molecule has 2 amide bonds. The molecule has 1 atom stereocenters. The molecular weight excluding hydrogens is 272 g/mol. The van der Waals surface area contributed by atoms with Crippen LogP contribution in [0.5, 0.6) is 0 Å². The Morgan fingerprint density at radius 1 is 1.29 bits per heavy atom. The van der Waals surface area contributed by atoms with Crippen LogP contribution in [0.1, 0.15) is 29.6 Å². The van der Waals surface area contributed by atoms with Crippen molar-refractivity contribution in [1.82, 2.24) is 4.90 Å². The number of carbonyl (C=O) groups is 3. The maximum absolute atomic E-state index is 12.7. The number of hydrogen-bond donors (Lipinski definition) is 1. The molecular formula is C15H16N2O4. The fraction of sp³-hybridized carbons (Fsp3) is 0.400. The van der Waals surface area contributed by atoms with Crippen molar-refractivity contribution in [3.05, 3.63) is 29.8 Å². The zero-order valence-electron chi connectivity index (χ0n) is 11.5. The number of aliphatic carboxylic acids is 1. The van der Waals surface area contributed by atoms with Gasteiger partial charge in [0.15, 0.2) is 0 Å². The van der Waals surface area contributed by atoms with Gasteiger partial charge in [0, 0.05) is 13.1 Å². The molecule has 0 saturated carbocycles. The van der Waals surface area contributed by atoms with Gasteiger partial charge in [0.05, 0.1) is 17.7 Å². The molecule has 1 N–H and O–H groups in total. The summed E-state index contributed by atoms with van der Waals surface area (Å²) in [6, 6.07) is 6.45. The van der Waals surface area contributed by atoms with E-state index in [0.717, 1.165) is 6.42 Å². The number of carboxylic acid groups (broad SMARTS) is 1. The summed E-state index contributed by atoms with van der Waals surface area (Å²) in [5, 5.41) is 8.87. The standard InChI is InChI=1S/C15H16N2O4/c18-13(19)7-9-17-11-5-2-1-4-10(11)14(20)16-8-3-6-12(16)15(17)21/h1-2,4-5,12H,3,6-9H2,(H,18,19). The number of hydrogen-bond acceptors (Lipinski definition) is 3. The van der Waals surface area contributed by atoms with E-state index < -0.39 is 12.0 Å². The topological polar surface area (TPSA) is 77.9 Å². The summed E-state index contributed by atoms with van der Waals surface area (Å²) in [7, 11) is 0. The number of nitrogens with zero attached hydrogens (tertiary/aromatic N) is 2. The molecule has 0 spiro atoms. The lowest BCUT2D eigenvalue weighted by molar-refractivity contribution is -0.136. The molecule has 1 saturated heterocycles. The number of fused-ring (bicyclic) bond motifs is 2. The second kappa shape index (κ2) is 5.20. The monoisotopic (exact) mass is 288 g/mol. The number of anilines is 1. The maximum Gasteiger partial charge on any atom is 0.305 e. The van der Waals surface area contributed by atoms with E-state index >= 15 is 0 Å². The fourth-order valence-electron chi connectivity index (χ4n) is 3.05. The Balaban J connectivity index is 2.04. The van der Waals surface area contributed by atoms with Crippen LogP contribution in [0.15, 0.2) is 24.3 Å². The Morgan fingerprint density at radius 2 is 2.05 bits per heavy atom. The van der Waals surface area contributed by atoms with E-state index in [0.29, 0.717) is 24.2 Å². The molecule has 0 aromatic heterocycles. The first-order valence-electron chi connectivity index (χ1n) is 7.03. The Hall–Kier alpha value is -2.37. The van der Waals surface area contributed by atoms with Crippen molar-refractivity contribution in [1.29, 1.82) is 0 Å². The van der Waals surface area contributed by atoms with Gasteiger partial charge >= 0.3 is 5.97 Å². The highest BCUT2D eigenvalue weighted by Gasteiger charge is 2.41. The zero-order chi connectivity index (χ0) is 15.0. The van der Waals surface area contributed by atoms with Gasteiger partial charge in [-0.25, -0.2) is 0 Å². The quantitative estimate of drug-likeness (QED) is 0.904. The Bertz CT molecular complexity index is 613. The summed E-state index contributed by atoms with van der Waals surface area (Å²) >= 11 is 0. The Labute approximate surface area is 122 Å². The maximum atomic E-state index is 12.7. The summed E-state index contributed by atoms with van der Waals surface area (Å²) in [5.41, 5.74) is 0.990. The number of carbonyl (C=O) groups excluding carboxylic acids is 2. The minimum absolute atomic E-state index is 0.0861. The third-order valence-electron chi connectivity index (χ3n) is 4.04. The van der Waals surface area contributed by atoms with Crippen LogP contribution in [0.2, 0.25) is 0 Å². The van der Waals surface area contributed by atoms with Gasteiger partial charge in [-0.2, -0.15) is 0 Å². The largest absolute Gasteiger partial charge is 0.481 e. The third-order valence-corrected chi connectivity index (χ3v) is 4.04. The number of benzene rings is 1. The van der Waals surface area contributed by atoms with Crippen LogP contribution in [-0.4, -0.2) is 46.9 Å². The molecule has 2 heterocycles. The van der Waals surface area contributed by atoms with Gasteiger partial charge in [-0.15, -0.1) is 0 Å². The minimum Gasteiger partial charge on any atom is -0.481 e. The van der Waals surface area contributed by atoms with Crippen molar-refractivity contribution in [2.24, 2.45) is 0 Å². The molecule has 0 radical (unpaired) electrons. The highest BCUT2D eigenvalue weighted by molar-refractivity contribution is 6.11. The van der Waals surface area contributed by atoms with Crippen molar-refractivity contribution in [3.63, 3.8) is 0 Å². The van der Waals surface area contributed by atoms with Crippen LogP contribution in [-0.2, 0) is 9.59 Å². The molecule has 2 aliphatic heterocycles. The second-order valence-corrected chi connectivity index (χ2v) is 5.31. The molecule has 21 heavy (non-hydrogen) atoms. The number of rotatable bonds is 3. The van der Waals surface area contributed by atoms with Crippen LogP contribution in [0, 0.1) is 0 Å². The van der Waals surface area contributed by atoms with E-state index in [2.05, 4.69) is 0 Å². The summed E-state index contributed by atoms with van der Waals surface area (Å²) in [4.78, 5) is 39.2. The van der Waals surface area contributed by atoms with E-state index in [9.17, 15) is 14.4 Å². The molecule has 0 bridgehead atoms. The van der Waals surface area contributed by atoms with Gasteiger partial charge in [-0.05, 0) is 25.0 Å².